The molecule has 2 aromatic rings. The van der Waals surface area contributed by atoms with Crippen molar-refractivity contribution in [1.29, 1.82) is 0 Å². The summed E-state index contributed by atoms with van der Waals surface area (Å²) in [6.07, 6.45) is 2.04. The van der Waals surface area contributed by atoms with Crippen LogP contribution in [0.1, 0.15) is 30.5 Å². The monoisotopic (exact) mass is 417 g/mol. The Kier molecular flexibility index (Phi) is 8.22. The number of urea groups is 1. The van der Waals surface area contributed by atoms with E-state index in [1.165, 1.54) is 11.8 Å². The van der Waals surface area contributed by atoms with E-state index in [2.05, 4.69) is 29.4 Å². The topological polar surface area (TPSA) is 69.7 Å². The van der Waals surface area contributed by atoms with Crippen molar-refractivity contribution in [2.24, 2.45) is 0 Å². The summed E-state index contributed by atoms with van der Waals surface area (Å²) in [7, 11) is 0.594. The number of nitrogens with zero attached hydrogens (tertiary/aromatic N) is 2. The van der Waals surface area contributed by atoms with Crippen LogP contribution < -0.4 is 5.32 Å². The van der Waals surface area contributed by atoms with Gasteiger partial charge in [-0.05, 0) is 50.2 Å². The van der Waals surface area contributed by atoms with Crippen LogP contribution in [0, 0.1) is 0 Å². The van der Waals surface area contributed by atoms with Gasteiger partial charge in [0.2, 0.25) is 0 Å². The Balaban J connectivity index is 1.76. The van der Waals surface area contributed by atoms with Gasteiger partial charge in [0, 0.05) is 26.4 Å². The van der Waals surface area contributed by atoms with Crippen LogP contribution in [0.5, 0.6) is 0 Å². The first kappa shape index (κ1) is 22.9. The fourth-order valence-electron chi connectivity index (χ4n) is 3.04. The van der Waals surface area contributed by atoms with Crippen molar-refractivity contribution < 1.29 is 13.2 Å². The maximum atomic E-state index is 12.4. The van der Waals surface area contributed by atoms with Crippen molar-refractivity contribution in [3.63, 3.8) is 0 Å². The smallest absolute Gasteiger partial charge is 0.317 e. The summed E-state index contributed by atoms with van der Waals surface area (Å²) in [5.41, 5.74) is 2.16. The van der Waals surface area contributed by atoms with Gasteiger partial charge < -0.3 is 15.1 Å². The third kappa shape index (κ3) is 7.18. The third-order valence-electron chi connectivity index (χ3n) is 4.98. The van der Waals surface area contributed by atoms with Crippen molar-refractivity contribution >= 4 is 15.9 Å². The molecule has 1 atom stereocenters. The highest BCUT2D eigenvalue weighted by molar-refractivity contribution is 7.90. The second-order valence-corrected chi connectivity index (χ2v) is 9.45. The first-order valence-electron chi connectivity index (χ1n) is 9.71. The Morgan fingerprint density at radius 3 is 2.24 bits per heavy atom. The van der Waals surface area contributed by atoms with Crippen LogP contribution in [0.4, 0.5) is 4.79 Å². The summed E-state index contributed by atoms with van der Waals surface area (Å²) in [4.78, 5) is 16.6. The van der Waals surface area contributed by atoms with Crippen LogP contribution in [-0.2, 0) is 16.4 Å². The van der Waals surface area contributed by atoms with Gasteiger partial charge in [-0.3, -0.25) is 0 Å². The minimum Gasteiger partial charge on any atom is -0.338 e. The minimum absolute atomic E-state index is 0.143. The zero-order valence-electron chi connectivity index (χ0n) is 17.6. The average molecular weight is 418 g/mol. The molecule has 0 spiro atoms. The van der Waals surface area contributed by atoms with E-state index in [-0.39, 0.29) is 17.0 Å². The van der Waals surface area contributed by atoms with Gasteiger partial charge in [-0.1, -0.05) is 42.5 Å². The van der Waals surface area contributed by atoms with Crippen LogP contribution >= 0.6 is 0 Å². The quantitative estimate of drug-likeness (QED) is 0.636. The van der Waals surface area contributed by atoms with Gasteiger partial charge in [-0.2, -0.15) is 0 Å². The maximum absolute atomic E-state index is 12.4. The van der Waals surface area contributed by atoms with Gasteiger partial charge in [0.15, 0.2) is 9.84 Å². The molecule has 0 heterocycles. The van der Waals surface area contributed by atoms with Crippen molar-refractivity contribution in [2.45, 2.75) is 30.8 Å². The minimum atomic E-state index is -3.22. The number of carbonyl (C=O) groups excluding carboxylic acids is 1. The summed E-state index contributed by atoms with van der Waals surface area (Å²) in [6, 6.07) is 16.7. The summed E-state index contributed by atoms with van der Waals surface area (Å²) in [5.74, 6) is 0. The third-order valence-corrected chi connectivity index (χ3v) is 6.11. The van der Waals surface area contributed by atoms with E-state index in [0.717, 1.165) is 25.1 Å². The van der Waals surface area contributed by atoms with Gasteiger partial charge in [-0.15, -0.1) is 0 Å². The highest BCUT2D eigenvalue weighted by Gasteiger charge is 2.17. The highest BCUT2D eigenvalue weighted by Crippen LogP contribution is 2.20. The molecule has 158 valence electrons. The number of sulfone groups is 1. The molecule has 0 aliphatic carbocycles. The van der Waals surface area contributed by atoms with E-state index in [0.29, 0.717) is 6.54 Å². The fraction of sp³-hybridized carbons (Fsp3) is 0.409. The molecule has 29 heavy (non-hydrogen) atoms. The molecule has 0 saturated heterocycles. The summed E-state index contributed by atoms with van der Waals surface area (Å²) < 4.78 is 23.2. The lowest BCUT2D eigenvalue weighted by atomic mass is 10.1. The Bertz CT molecular complexity index is 883. The van der Waals surface area contributed by atoms with E-state index in [1.807, 2.05) is 25.1 Å². The molecule has 0 saturated carbocycles. The molecule has 0 bridgehead atoms. The van der Waals surface area contributed by atoms with Crippen LogP contribution in [0.2, 0.25) is 0 Å². The average Bonchev–Trinajstić information content (AvgIpc) is 2.70. The molecule has 2 aromatic carbocycles. The predicted octanol–water partition coefficient (Wildman–Crippen LogP) is 3.31. The number of hydrogen-bond donors (Lipinski definition) is 1. The Morgan fingerprint density at radius 2 is 1.66 bits per heavy atom. The van der Waals surface area contributed by atoms with Crippen molar-refractivity contribution in [1.82, 2.24) is 15.1 Å². The van der Waals surface area contributed by atoms with Gasteiger partial charge in [-0.25, -0.2) is 13.2 Å². The zero-order chi connectivity index (χ0) is 21.4. The van der Waals surface area contributed by atoms with Gasteiger partial charge in [0.25, 0.3) is 0 Å². The second kappa shape index (κ2) is 10.4. The first-order valence-corrected chi connectivity index (χ1v) is 11.6. The molecule has 2 rings (SSSR count). The van der Waals surface area contributed by atoms with E-state index < -0.39 is 9.84 Å². The number of rotatable bonds is 9. The van der Waals surface area contributed by atoms with Gasteiger partial charge in [0.1, 0.15) is 0 Å². The van der Waals surface area contributed by atoms with Crippen LogP contribution in [0.15, 0.2) is 59.5 Å². The van der Waals surface area contributed by atoms with Gasteiger partial charge >= 0.3 is 6.03 Å². The lowest BCUT2D eigenvalue weighted by Gasteiger charge is -2.26. The standard InChI is InChI=1S/C22H31N3O3S/c1-18(20-11-13-21(14-12-20)29(4,27)28)25(3)22(26)23-15-8-16-24(2)17-19-9-6-5-7-10-19/h5-7,9-14,18H,8,15-17H2,1-4H3,(H,23,26). The normalized spacial score (nSPS) is 12.6. The highest BCUT2D eigenvalue weighted by atomic mass is 32.2. The molecule has 0 fully saturated rings. The summed E-state index contributed by atoms with van der Waals surface area (Å²) >= 11 is 0. The second-order valence-electron chi connectivity index (χ2n) is 7.44. The molecular weight excluding hydrogens is 386 g/mol. The van der Waals surface area contributed by atoms with E-state index in [4.69, 9.17) is 0 Å². The molecule has 0 aliphatic heterocycles. The van der Waals surface area contributed by atoms with Crippen molar-refractivity contribution in [3.05, 3.63) is 65.7 Å². The molecular formula is C22H31N3O3S. The number of amides is 2. The lowest BCUT2D eigenvalue weighted by Crippen LogP contribution is -2.39. The molecule has 6 nitrogen and oxygen atoms in total. The van der Waals surface area contributed by atoms with E-state index in [9.17, 15) is 13.2 Å². The maximum Gasteiger partial charge on any atom is 0.317 e. The number of hydrogen-bond acceptors (Lipinski definition) is 4. The fourth-order valence-corrected chi connectivity index (χ4v) is 3.67. The zero-order valence-corrected chi connectivity index (χ0v) is 18.4. The van der Waals surface area contributed by atoms with Crippen LogP contribution in [0.25, 0.3) is 0 Å². The van der Waals surface area contributed by atoms with E-state index >= 15 is 0 Å². The molecule has 1 unspecified atom stereocenters. The molecule has 0 radical (unpaired) electrons. The van der Waals surface area contributed by atoms with Crippen molar-refractivity contribution in [3.8, 4) is 0 Å². The Hall–Kier alpha value is -2.38. The Morgan fingerprint density at radius 1 is 1.03 bits per heavy atom. The van der Waals surface area contributed by atoms with Crippen molar-refractivity contribution in [2.75, 3.05) is 33.4 Å². The van der Waals surface area contributed by atoms with Gasteiger partial charge in [0.05, 0.1) is 10.9 Å². The summed E-state index contributed by atoms with van der Waals surface area (Å²) in [5, 5.41) is 2.95. The molecule has 7 heteroatoms. The molecule has 2 amide bonds. The Labute approximate surface area is 174 Å². The predicted molar refractivity (Wildman–Crippen MR) is 117 cm³/mol. The van der Waals surface area contributed by atoms with Crippen LogP contribution in [-0.4, -0.2) is 57.7 Å². The molecule has 0 aromatic heterocycles. The number of carbonyl (C=O) groups is 1. The van der Waals surface area contributed by atoms with Crippen LogP contribution in [0.3, 0.4) is 0 Å². The SMILES string of the molecule is CC(c1ccc(S(C)(=O)=O)cc1)N(C)C(=O)NCCCN(C)Cc1ccccc1. The number of benzene rings is 2. The number of nitrogens with one attached hydrogen (secondary N) is 1. The molecule has 1 N–H and O–H groups in total. The van der Waals surface area contributed by atoms with E-state index in [1.54, 1.807) is 36.2 Å². The first-order chi connectivity index (χ1) is 13.7. The molecule has 0 aliphatic rings. The largest absolute Gasteiger partial charge is 0.338 e. The summed E-state index contributed by atoms with van der Waals surface area (Å²) in [6.45, 7) is 4.29. The lowest BCUT2D eigenvalue weighted by molar-refractivity contribution is 0.193.